The number of nitrogens with two attached hydrogens (primary N) is 1. The molecular weight excluding hydrogens is 86.1 g/mol. The van der Waals surface area contributed by atoms with Crippen molar-refractivity contribution in [2.45, 2.75) is 39.2 Å². The summed E-state index contributed by atoms with van der Waals surface area (Å²) in [7, 11) is 0. The van der Waals surface area contributed by atoms with Crippen molar-refractivity contribution < 1.29 is 1.43 Å². The minimum atomic E-state index is 0. The second-order valence-corrected chi connectivity index (χ2v) is 2.12. The first-order chi connectivity index (χ1) is 3.27. The Hall–Kier alpha value is -0.0400. The van der Waals surface area contributed by atoms with Crippen LogP contribution in [-0.4, -0.2) is 6.04 Å². The standard InChI is InChI=1S/C6H15N.H2/c1-3-4-5-6(2)7;/h6H,3-5,7H2,1-2H3;1H. The molecule has 1 unspecified atom stereocenters. The lowest BCUT2D eigenvalue weighted by molar-refractivity contribution is 0.616. The zero-order valence-electron chi connectivity index (χ0n) is 5.28. The van der Waals surface area contributed by atoms with Crippen LogP contribution >= 0.6 is 0 Å². The van der Waals surface area contributed by atoms with Gasteiger partial charge >= 0.3 is 0 Å². The predicted molar refractivity (Wildman–Crippen MR) is 35.3 cm³/mol. The molecule has 1 atom stereocenters. The van der Waals surface area contributed by atoms with Crippen LogP contribution in [0.3, 0.4) is 0 Å². The van der Waals surface area contributed by atoms with Crippen LogP contribution in [0.5, 0.6) is 0 Å². The molecular formula is C6H17N. The molecule has 7 heavy (non-hydrogen) atoms. The molecule has 2 N–H and O–H groups in total. The highest BCUT2D eigenvalue weighted by Gasteiger charge is 1.88. The quantitative estimate of drug-likeness (QED) is 0.578. The Morgan fingerprint density at radius 1 is 1.71 bits per heavy atom. The summed E-state index contributed by atoms with van der Waals surface area (Å²) in [5.41, 5.74) is 5.48. The van der Waals surface area contributed by atoms with Crippen LogP contribution in [0, 0.1) is 0 Å². The monoisotopic (exact) mass is 103 g/mol. The topological polar surface area (TPSA) is 26.0 Å². The second-order valence-electron chi connectivity index (χ2n) is 2.12. The summed E-state index contributed by atoms with van der Waals surface area (Å²) < 4.78 is 0. The lowest BCUT2D eigenvalue weighted by Gasteiger charge is -1.99. The SMILES string of the molecule is CCCCC(C)N.[HH]. The van der Waals surface area contributed by atoms with E-state index < -0.39 is 0 Å². The molecule has 0 aromatic carbocycles. The normalized spacial score (nSPS) is 14.1. The fraction of sp³-hybridized carbons (Fsp3) is 1.00. The third-order valence-corrected chi connectivity index (χ3v) is 1.01. The molecule has 0 fully saturated rings. The maximum Gasteiger partial charge on any atom is 0.00104 e. The maximum absolute atomic E-state index is 5.48. The average Bonchev–Trinajstić information content (AvgIpc) is 1.61. The van der Waals surface area contributed by atoms with E-state index in [0.29, 0.717) is 6.04 Å². The van der Waals surface area contributed by atoms with E-state index in [0.717, 1.165) is 0 Å². The molecule has 0 saturated heterocycles. The molecule has 0 rings (SSSR count). The fourth-order valence-corrected chi connectivity index (χ4v) is 0.526. The minimum Gasteiger partial charge on any atom is -0.328 e. The van der Waals surface area contributed by atoms with Crippen molar-refractivity contribution in [3.8, 4) is 0 Å². The number of hydrogen-bond donors (Lipinski definition) is 1. The third-order valence-electron chi connectivity index (χ3n) is 1.01. The summed E-state index contributed by atoms with van der Waals surface area (Å²) >= 11 is 0. The van der Waals surface area contributed by atoms with Crippen LogP contribution in [0.4, 0.5) is 0 Å². The molecule has 46 valence electrons. The Morgan fingerprint density at radius 2 is 2.29 bits per heavy atom. The van der Waals surface area contributed by atoms with E-state index in [1.165, 1.54) is 19.3 Å². The Bertz CT molecular complexity index is 37.5. The molecule has 0 aliphatic carbocycles. The van der Waals surface area contributed by atoms with Crippen molar-refractivity contribution in [3.05, 3.63) is 0 Å². The largest absolute Gasteiger partial charge is 0.328 e. The van der Waals surface area contributed by atoms with Gasteiger partial charge in [0.15, 0.2) is 0 Å². The molecule has 0 bridgehead atoms. The zero-order valence-corrected chi connectivity index (χ0v) is 5.28. The molecule has 1 nitrogen and oxygen atoms in total. The van der Waals surface area contributed by atoms with E-state index >= 15 is 0 Å². The highest BCUT2D eigenvalue weighted by atomic mass is 14.6. The first-order valence-corrected chi connectivity index (χ1v) is 3.03. The summed E-state index contributed by atoms with van der Waals surface area (Å²) in [4.78, 5) is 0. The first-order valence-electron chi connectivity index (χ1n) is 3.03. The van der Waals surface area contributed by atoms with Crippen molar-refractivity contribution in [1.82, 2.24) is 0 Å². The van der Waals surface area contributed by atoms with Gasteiger partial charge in [-0.25, -0.2) is 0 Å². The van der Waals surface area contributed by atoms with Crippen molar-refractivity contribution in [2.24, 2.45) is 5.73 Å². The van der Waals surface area contributed by atoms with Gasteiger partial charge < -0.3 is 5.73 Å². The van der Waals surface area contributed by atoms with Crippen LogP contribution < -0.4 is 5.73 Å². The molecule has 0 aromatic rings. The summed E-state index contributed by atoms with van der Waals surface area (Å²) in [6.45, 7) is 4.23. The van der Waals surface area contributed by atoms with E-state index in [2.05, 4.69) is 13.8 Å². The summed E-state index contributed by atoms with van der Waals surface area (Å²) in [5.74, 6) is 0. The molecule has 0 aliphatic heterocycles. The van der Waals surface area contributed by atoms with Crippen molar-refractivity contribution in [2.75, 3.05) is 0 Å². The molecule has 0 spiro atoms. The molecule has 1 heteroatoms. The van der Waals surface area contributed by atoms with Gasteiger partial charge in [-0.2, -0.15) is 0 Å². The molecule has 0 radical (unpaired) electrons. The summed E-state index contributed by atoms with van der Waals surface area (Å²) in [5, 5.41) is 0. The van der Waals surface area contributed by atoms with Gasteiger partial charge in [0.25, 0.3) is 0 Å². The first kappa shape index (κ1) is 6.96. The number of rotatable bonds is 3. The van der Waals surface area contributed by atoms with Crippen molar-refractivity contribution in [3.63, 3.8) is 0 Å². The van der Waals surface area contributed by atoms with E-state index in [1.807, 2.05) is 0 Å². The van der Waals surface area contributed by atoms with Crippen LogP contribution in [-0.2, 0) is 0 Å². The predicted octanol–water partition coefficient (Wildman–Crippen LogP) is 1.77. The summed E-state index contributed by atoms with van der Waals surface area (Å²) in [6.07, 6.45) is 3.72. The maximum atomic E-state index is 5.48. The average molecular weight is 103 g/mol. The van der Waals surface area contributed by atoms with Gasteiger partial charge in [0.05, 0.1) is 0 Å². The lowest BCUT2D eigenvalue weighted by atomic mass is 10.2. The van der Waals surface area contributed by atoms with Crippen LogP contribution in [0.15, 0.2) is 0 Å². The molecule has 0 aliphatic rings. The lowest BCUT2D eigenvalue weighted by Crippen LogP contribution is -2.13. The fourth-order valence-electron chi connectivity index (χ4n) is 0.526. The van der Waals surface area contributed by atoms with Crippen LogP contribution in [0.2, 0.25) is 0 Å². The Balaban J connectivity index is 0. The number of hydrogen-bond acceptors (Lipinski definition) is 1. The summed E-state index contributed by atoms with van der Waals surface area (Å²) in [6, 6.07) is 0.403. The second kappa shape index (κ2) is 4.13. The van der Waals surface area contributed by atoms with Gasteiger partial charge in [0.2, 0.25) is 0 Å². The van der Waals surface area contributed by atoms with E-state index in [4.69, 9.17) is 5.73 Å². The van der Waals surface area contributed by atoms with Crippen molar-refractivity contribution >= 4 is 0 Å². The van der Waals surface area contributed by atoms with Gasteiger partial charge in [-0.15, -0.1) is 0 Å². The highest BCUT2D eigenvalue weighted by Crippen LogP contribution is 1.95. The van der Waals surface area contributed by atoms with Gasteiger partial charge in [-0.05, 0) is 13.3 Å². The zero-order chi connectivity index (χ0) is 5.70. The third kappa shape index (κ3) is 5.96. The van der Waals surface area contributed by atoms with Gasteiger partial charge in [-0.1, -0.05) is 19.8 Å². The Morgan fingerprint density at radius 3 is 2.43 bits per heavy atom. The smallest absolute Gasteiger partial charge is 0.00104 e. The Labute approximate surface area is 47.4 Å². The van der Waals surface area contributed by atoms with Gasteiger partial charge in [0, 0.05) is 7.47 Å². The minimum absolute atomic E-state index is 0. The van der Waals surface area contributed by atoms with Crippen LogP contribution in [0.25, 0.3) is 0 Å². The van der Waals surface area contributed by atoms with Crippen LogP contribution in [0.1, 0.15) is 34.5 Å². The van der Waals surface area contributed by atoms with E-state index in [1.54, 1.807) is 0 Å². The molecule has 0 aromatic heterocycles. The molecule has 0 heterocycles. The van der Waals surface area contributed by atoms with Crippen molar-refractivity contribution in [1.29, 1.82) is 0 Å². The van der Waals surface area contributed by atoms with E-state index in [9.17, 15) is 0 Å². The Kier molecular flexibility index (Phi) is 4.10. The highest BCUT2D eigenvalue weighted by molar-refractivity contribution is 4.50. The van der Waals surface area contributed by atoms with Gasteiger partial charge in [-0.3, -0.25) is 0 Å². The number of unbranched alkanes of at least 4 members (excludes halogenated alkanes) is 1. The van der Waals surface area contributed by atoms with Gasteiger partial charge in [0.1, 0.15) is 0 Å². The molecule has 0 amide bonds. The van der Waals surface area contributed by atoms with E-state index in [-0.39, 0.29) is 1.43 Å². The molecule has 0 saturated carbocycles.